The highest BCUT2D eigenvalue weighted by molar-refractivity contribution is 6.23. The molecule has 0 bridgehead atoms. The monoisotopic (exact) mass is 362 g/mol. The van der Waals surface area contributed by atoms with E-state index in [0.717, 1.165) is 12.3 Å². The Bertz CT molecular complexity index is 622. The molecule has 0 radical (unpaired) electrons. The lowest BCUT2D eigenvalue weighted by Crippen LogP contribution is -2.27. The summed E-state index contributed by atoms with van der Waals surface area (Å²) in [4.78, 5) is 24.2. The van der Waals surface area contributed by atoms with Crippen LogP contribution in [0.4, 0.5) is 0 Å². The Labute approximate surface area is 158 Å². The highest BCUT2D eigenvalue weighted by Crippen LogP contribution is 2.32. The Kier molecular flexibility index (Phi) is 8.83. The van der Waals surface area contributed by atoms with Gasteiger partial charge in [0.05, 0.1) is 14.2 Å². The molecule has 4 nitrogen and oxygen atoms in total. The second-order valence-corrected chi connectivity index (χ2v) is 7.04. The third-order valence-electron chi connectivity index (χ3n) is 5.53. The number of hydrogen-bond donors (Lipinski definition) is 0. The van der Waals surface area contributed by atoms with E-state index < -0.39 is 0 Å². The minimum Gasteiger partial charge on any atom is -0.489 e. The van der Waals surface area contributed by atoms with Gasteiger partial charge < -0.3 is 9.47 Å². The molecular formula is C22H34O4. The lowest BCUT2D eigenvalue weighted by molar-refractivity contribution is -0.121. The maximum atomic E-state index is 12.2. The Morgan fingerprint density at radius 3 is 2.08 bits per heavy atom. The molecule has 2 rings (SSSR count). The molecule has 0 aromatic carbocycles. The number of methoxy groups -OCH3 is 2. The molecule has 0 unspecified atom stereocenters. The fraction of sp³-hybridized carbons (Fsp3) is 0.636. The molecule has 0 saturated heterocycles. The van der Waals surface area contributed by atoms with Crippen molar-refractivity contribution < 1.29 is 19.1 Å². The van der Waals surface area contributed by atoms with Crippen LogP contribution in [0.15, 0.2) is 34.3 Å². The Morgan fingerprint density at radius 2 is 1.69 bits per heavy atom. The normalized spacial score (nSPS) is 23.2. The van der Waals surface area contributed by atoms with Crippen molar-refractivity contribution in [2.45, 2.75) is 66.7 Å². The molecule has 4 heteroatoms. The van der Waals surface area contributed by atoms with Crippen molar-refractivity contribution in [3.63, 3.8) is 0 Å². The molecule has 0 spiro atoms. The lowest BCUT2D eigenvalue weighted by Gasteiger charge is -2.23. The molecule has 2 aliphatic carbocycles. The Balaban J connectivity index is 0.000000314. The van der Waals surface area contributed by atoms with Crippen molar-refractivity contribution in [3.05, 3.63) is 34.3 Å². The number of rotatable bonds is 5. The van der Waals surface area contributed by atoms with Crippen LogP contribution in [0.1, 0.15) is 66.7 Å². The minimum absolute atomic E-state index is 0.00190. The molecule has 2 aliphatic rings. The van der Waals surface area contributed by atoms with E-state index in [4.69, 9.17) is 9.47 Å². The van der Waals surface area contributed by atoms with Crippen LogP contribution in [0.5, 0.6) is 0 Å². The maximum absolute atomic E-state index is 12.2. The summed E-state index contributed by atoms with van der Waals surface area (Å²) in [7, 11) is 2.73. The van der Waals surface area contributed by atoms with Crippen LogP contribution in [0.25, 0.3) is 0 Å². The van der Waals surface area contributed by atoms with Crippen molar-refractivity contribution in [3.8, 4) is 0 Å². The van der Waals surface area contributed by atoms with Gasteiger partial charge in [0.1, 0.15) is 0 Å². The van der Waals surface area contributed by atoms with E-state index in [2.05, 4.69) is 19.9 Å². The second-order valence-electron chi connectivity index (χ2n) is 7.04. The topological polar surface area (TPSA) is 52.6 Å². The Morgan fingerprint density at radius 1 is 1.12 bits per heavy atom. The standard InChI is InChI=1S/C13H18O4.C9H16/c1-6-7(2)9-8(3)10(14)12(16-4)13(17-5)11(9)15;1-3-8-5-6-9(4-2)7-8/h7H,6H2,1-5H3;3,9H,4-7H2,1-2H3/b;8-3+/t7-;9-/m10/s1. The molecule has 1 fully saturated rings. The zero-order chi connectivity index (χ0) is 19.9. The molecule has 0 aromatic rings. The van der Waals surface area contributed by atoms with Crippen LogP contribution in [-0.2, 0) is 19.1 Å². The van der Waals surface area contributed by atoms with E-state index in [1.807, 2.05) is 13.8 Å². The SMILES string of the molecule is C/C=C1\CC[C@H](CC)C1.CC[C@@H](C)C1=C(C)C(=O)C(OC)=C(OC)C1=O. The number of ketones is 2. The average molecular weight is 363 g/mol. The van der Waals surface area contributed by atoms with Crippen LogP contribution >= 0.6 is 0 Å². The summed E-state index contributed by atoms with van der Waals surface area (Å²) in [6.07, 6.45) is 8.65. The van der Waals surface area contributed by atoms with Gasteiger partial charge in [-0.2, -0.15) is 0 Å². The highest BCUT2D eigenvalue weighted by Gasteiger charge is 2.36. The van der Waals surface area contributed by atoms with Gasteiger partial charge in [0.15, 0.2) is 0 Å². The van der Waals surface area contributed by atoms with Crippen molar-refractivity contribution in [2.24, 2.45) is 11.8 Å². The van der Waals surface area contributed by atoms with E-state index in [-0.39, 0.29) is 29.0 Å². The fourth-order valence-corrected chi connectivity index (χ4v) is 3.53. The van der Waals surface area contributed by atoms with E-state index in [9.17, 15) is 9.59 Å². The molecule has 0 amide bonds. The molecule has 2 atom stereocenters. The lowest BCUT2D eigenvalue weighted by atomic mass is 9.84. The largest absolute Gasteiger partial charge is 0.489 e. The van der Waals surface area contributed by atoms with E-state index in [1.54, 1.807) is 12.5 Å². The van der Waals surface area contributed by atoms with Gasteiger partial charge in [0.25, 0.3) is 0 Å². The highest BCUT2D eigenvalue weighted by atomic mass is 16.5. The van der Waals surface area contributed by atoms with Crippen molar-refractivity contribution >= 4 is 11.6 Å². The summed E-state index contributed by atoms with van der Waals surface area (Å²) in [5.41, 5.74) is 2.68. The van der Waals surface area contributed by atoms with Gasteiger partial charge in [-0.1, -0.05) is 38.8 Å². The molecule has 1 saturated carbocycles. The van der Waals surface area contributed by atoms with E-state index in [0.29, 0.717) is 11.1 Å². The van der Waals surface area contributed by atoms with Crippen LogP contribution in [0, 0.1) is 11.8 Å². The number of Topliss-reactive ketones (excluding diaryl/α,β-unsaturated/α-hetero) is 2. The van der Waals surface area contributed by atoms with Gasteiger partial charge in [-0.15, -0.1) is 0 Å². The third kappa shape index (κ3) is 4.87. The summed E-state index contributed by atoms with van der Waals surface area (Å²) in [6, 6.07) is 0. The molecular weight excluding hydrogens is 328 g/mol. The summed E-state index contributed by atoms with van der Waals surface area (Å²) in [5.74, 6) is 0.557. The number of carbonyl (C=O) groups is 2. The van der Waals surface area contributed by atoms with Crippen molar-refractivity contribution in [1.29, 1.82) is 0 Å². The van der Waals surface area contributed by atoms with E-state index in [1.165, 1.54) is 39.9 Å². The van der Waals surface area contributed by atoms with Crippen LogP contribution in [-0.4, -0.2) is 25.8 Å². The van der Waals surface area contributed by atoms with Gasteiger partial charge in [0.2, 0.25) is 23.1 Å². The maximum Gasteiger partial charge on any atom is 0.228 e. The van der Waals surface area contributed by atoms with Gasteiger partial charge in [-0.25, -0.2) is 0 Å². The van der Waals surface area contributed by atoms with Gasteiger partial charge in [-0.3, -0.25) is 9.59 Å². The summed E-state index contributed by atoms with van der Waals surface area (Å²) in [6.45, 7) is 10.0. The Hall–Kier alpha value is -1.84. The van der Waals surface area contributed by atoms with Crippen LogP contribution in [0.2, 0.25) is 0 Å². The van der Waals surface area contributed by atoms with Crippen molar-refractivity contribution in [2.75, 3.05) is 14.2 Å². The zero-order valence-electron chi connectivity index (χ0n) is 17.4. The number of hydrogen-bond acceptors (Lipinski definition) is 4. The summed E-state index contributed by atoms with van der Waals surface area (Å²) in [5, 5.41) is 0. The van der Waals surface area contributed by atoms with Crippen molar-refractivity contribution in [1.82, 2.24) is 0 Å². The number of allylic oxidation sites excluding steroid dienone is 4. The van der Waals surface area contributed by atoms with Gasteiger partial charge >= 0.3 is 0 Å². The first-order valence-electron chi connectivity index (χ1n) is 9.62. The van der Waals surface area contributed by atoms with Gasteiger partial charge in [-0.05, 0) is 51.4 Å². The first kappa shape index (κ1) is 22.2. The molecule has 26 heavy (non-hydrogen) atoms. The molecule has 0 aromatic heterocycles. The van der Waals surface area contributed by atoms with Crippen LogP contribution in [0.3, 0.4) is 0 Å². The smallest absolute Gasteiger partial charge is 0.228 e. The van der Waals surface area contributed by atoms with E-state index >= 15 is 0 Å². The molecule has 146 valence electrons. The predicted octanol–water partition coefficient (Wildman–Crippen LogP) is 5.15. The van der Waals surface area contributed by atoms with Gasteiger partial charge in [0, 0.05) is 11.1 Å². The third-order valence-corrected chi connectivity index (χ3v) is 5.53. The van der Waals surface area contributed by atoms with Crippen LogP contribution < -0.4 is 0 Å². The first-order chi connectivity index (χ1) is 12.4. The molecule has 0 aliphatic heterocycles. The summed E-state index contributed by atoms with van der Waals surface area (Å²) >= 11 is 0. The first-order valence-corrected chi connectivity index (χ1v) is 9.62. The molecule has 0 N–H and O–H groups in total. The number of ether oxygens (including phenoxy) is 2. The summed E-state index contributed by atoms with van der Waals surface area (Å²) < 4.78 is 9.96. The predicted molar refractivity (Wildman–Crippen MR) is 105 cm³/mol. The fourth-order valence-electron chi connectivity index (χ4n) is 3.53. The quantitative estimate of drug-likeness (QED) is 0.501. The number of carbonyl (C=O) groups excluding carboxylic acids is 2. The second kappa shape index (κ2) is 10.3. The average Bonchev–Trinajstić information content (AvgIpc) is 3.13. The molecule has 0 heterocycles. The minimum atomic E-state index is -0.265. The zero-order valence-corrected chi connectivity index (χ0v) is 17.4.